The molecule has 0 saturated carbocycles. The summed E-state index contributed by atoms with van der Waals surface area (Å²) in [5.41, 5.74) is 3.32. The van der Waals surface area contributed by atoms with E-state index in [1.54, 1.807) is 11.7 Å². The number of amides is 1. The summed E-state index contributed by atoms with van der Waals surface area (Å²) in [6.45, 7) is 0.647. The number of aromatic nitrogens is 3. The molecule has 0 aliphatic heterocycles. The van der Waals surface area contributed by atoms with Crippen molar-refractivity contribution in [2.24, 2.45) is 0 Å². The number of H-pyrrole nitrogens is 1. The highest BCUT2D eigenvalue weighted by molar-refractivity contribution is 7.71. The minimum absolute atomic E-state index is 0.0953. The first-order valence-corrected chi connectivity index (χ1v) is 11.2. The van der Waals surface area contributed by atoms with Crippen LogP contribution in [0.15, 0.2) is 84.9 Å². The van der Waals surface area contributed by atoms with Crippen molar-refractivity contribution in [2.45, 2.75) is 18.9 Å². The fourth-order valence-corrected chi connectivity index (χ4v) is 4.07. The molecule has 7 heteroatoms. The Hall–Kier alpha value is -3.71. The van der Waals surface area contributed by atoms with Crippen molar-refractivity contribution >= 4 is 18.1 Å². The lowest BCUT2D eigenvalue weighted by atomic mass is 9.88. The fourth-order valence-electron chi connectivity index (χ4n) is 3.88. The largest absolute Gasteiger partial charge is 0.497 e. The van der Waals surface area contributed by atoms with Gasteiger partial charge in [-0.05, 0) is 54.0 Å². The van der Waals surface area contributed by atoms with Crippen LogP contribution < -0.4 is 10.1 Å². The van der Waals surface area contributed by atoms with E-state index >= 15 is 0 Å². The van der Waals surface area contributed by atoms with Crippen LogP contribution in [0.1, 0.15) is 23.5 Å². The number of rotatable bonds is 9. The van der Waals surface area contributed by atoms with Gasteiger partial charge in [0, 0.05) is 18.0 Å². The molecule has 2 N–H and O–H groups in total. The molecule has 0 aliphatic rings. The van der Waals surface area contributed by atoms with Crippen LogP contribution in [0.2, 0.25) is 0 Å². The van der Waals surface area contributed by atoms with E-state index in [0.717, 1.165) is 17.7 Å². The van der Waals surface area contributed by atoms with Crippen LogP contribution in [0.4, 0.5) is 0 Å². The average Bonchev–Trinajstić information content (AvgIpc) is 3.22. The Balaban J connectivity index is 1.42. The van der Waals surface area contributed by atoms with E-state index in [2.05, 4.69) is 39.8 Å². The van der Waals surface area contributed by atoms with Crippen molar-refractivity contribution in [3.05, 3.63) is 101 Å². The number of benzene rings is 3. The number of carbonyl (C=O) groups is 1. The van der Waals surface area contributed by atoms with Gasteiger partial charge >= 0.3 is 0 Å². The van der Waals surface area contributed by atoms with E-state index in [1.807, 2.05) is 60.7 Å². The van der Waals surface area contributed by atoms with Gasteiger partial charge in [0.25, 0.3) is 0 Å². The molecule has 33 heavy (non-hydrogen) atoms. The Bertz CT molecular complexity index is 1200. The summed E-state index contributed by atoms with van der Waals surface area (Å²) in [7, 11) is 1.62. The molecule has 0 spiro atoms. The summed E-state index contributed by atoms with van der Waals surface area (Å²) < 4.78 is 7.32. The van der Waals surface area contributed by atoms with E-state index < -0.39 is 0 Å². The second-order valence-corrected chi connectivity index (χ2v) is 8.07. The van der Waals surface area contributed by atoms with Gasteiger partial charge in [-0.1, -0.05) is 60.7 Å². The third kappa shape index (κ3) is 5.56. The van der Waals surface area contributed by atoms with Crippen LogP contribution in [-0.4, -0.2) is 34.3 Å². The second kappa shape index (κ2) is 10.7. The summed E-state index contributed by atoms with van der Waals surface area (Å²) in [6.07, 6.45) is 0.794. The predicted molar refractivity (Wildman–Crippen MR) is 132 cm³/mol. The maximum atomic E-state index is 12.8. The van der Waals surface area contributed by atoms with Gasteiger partial charge in [-0.15, -0.1) is 0 Å². The third-order valence-electron chi connectivity index (χ3n) is 5.57. The molecule has 0 bridgehead atoms. The number of carbonyl (C=O) groups excluding carboxylic acids is 1. The van der Waals surface area contributed by atoms with Gasteiger partial charge in [0.1, 0.15) is 12.3 Å². The van der Waals surface area contributed by atoms with E-state index in [4.69, 9.17) is 17.0 Å². The van der Waals surface area contributed by atoms with E-state index in [1.165, 1.54) is 11.1 Å². The zero-order valence-corrected chi connectivity index (χ0v) is 19.2. The van der Waals surface area contributed by atoms with Crippen molar-refractivity contribution in [1.29, 1.82) is 0 Å². The zero-order valence-electron chi connectivity index (χ0n) is 18.4. The number of nitrogens with one attached hydrogen (secondary N) is 2. The van der Waals surface area contributed by atoms with Crippen LogP contribution in [0.3, 0.4) is 0 Å². The number of nitrogens with zero attached hydrogens (tertiary/aromatic N) is 2. The van der Waals surface area contributed by atoms with Crippen LogP contribution in [0, 0.1) is 4.77 Å². The Labute approximate surface area is 198 Å². The van der Waals surface area contributed by atoms with Crippen LogP contribution in [-0.2, 0) is 11.3 Å². The van der Waals surface area contributed by atoms with Crippen LogP contribution in [0.5, 0.6) is 5.75 Å². The molecule has 0 atom stereocenters. The fraction of sp³-hybridized carbons (Fsp3) is 0.192. The summed E-state index contributed by atoms with van der Waals surface area (Å²) in [6, 6.07) is 28.2. The SMILES string of the molecule is COc1ccc(-c2n[nH]c(=S)n2CC(=O)NCCC(c2ccccc2)c2ccccc2)cc1. The summed E-state index contributed by atoms with van der Waals surface area (Å²) >= 11 is 5.36. The van der Waals surface area contributed by atoms with Crippen LogP contribution in [0.25, 0.3) is 11.4 Å². The molecule has 0 radical (unpaired) electrons. The van der Waals surface area contributed by atoms with Crippen molar-refractivity contribution in [1.82, 2.24) is 20.1 Å². The molecule has 0 fully saturated rings. The molecule has 4 aromatic rings. The maximum Gasteiger partial charge on any atom is 0.240 e. The highest BCUT2D eigenvalue weighted by Crippen LogP contribution is 2.27. The molecule has 1 aromatic heterocycles. The van der Waals surface area contributed by atoms with Gasteiger partial charge in [0.15, 0.2) is 10.6 Å². The van der Waals surface area contributed by atoms with Crippen molar-refractivity contribution in [3.8, 4) is 17.1 Å². The average molecular weight is 459 g/mol. The minimum atomic E-state index is -0.109. The molecule has 6 nitrogen and oxygen atoms in total. The standard InChI is InChI=1S/C26H26N4O2S/c1-32-22-14-12-21(13-15-22)25-28-29-26(33)30(25)18-24(31)27-17-16-23(19-8-4-2-5-9-19)20-10-6-3-7-11-20/h2-15,23H,16-18H2,1H3,(H,27,31)(H,29,33). The summed E-state index contributed by atoms with van der Waals surface area (Å²) in [5.74, 6) is 1.47. The first kappa shape index (κ1) is 22.5. The molecular formula is C26H26N4O2S. The predicted octanol–water partition coefficient (Wildman–Crippen LogP) is 4.95. The van der Waals surface area contributed by atoms with Gasteiger partial charge in [-0.3, -0.25) is 14.5 Å². The molecule has 1 amide bonds. The number of ether oxygens (including phenoxy) is 1. The van der Waals surface area contributed by atoms with Gasteiger partial charge in [-0.2, -0.15) is 5.10 Å². The van der Waals surface area contributed by atoms with Gasteiger partial charge < -0.3 is 10.1 Å². The quantitative estimate of drug-likeness (QED) is 0.348. The lowest BCUT2D eigenvalue weighted by Crippen LogP contribution is -2.29. The van der Waals surface area contributed by atoms with Crippen molar-refractivity contribution in [2.75, 3.05) is 13.7 Å². The Kier molecular flexibility index (Phi) is 7.32. The topological polar surface area (TPSA) is 71.9 Å². The molecule has 4 rings (SSSR count). The minimum Gasteiger partial charge on any atom is -0.497 e. The zero-order chi connectivity index (χ0) is 23.0. The normalized spacial score (nSPS) is 10.8. The number of hydrogen-bond acceptors (Lipinski definition) is 4. The maximum absolute atomic E-state index is 12.8. The monoisotopic (exact) mass is 458 g/mol. The first-order chi connectivity index (χ1) is 16.2. The van der Waals surface area contributed by atoms with Crippen molar-refractivity contribution < 1.29 is 9.53 Å². The lowest BCUT2D eigenvalue weighted by molar-refractivity contribution is -0.121. The molecule has 0 saturated heterocycles. The second-order valence-electron chi connectivity index (χ2n) is 7.68. The lowest BCUT2D eigenvalue weighted by Gasteiger charge is -2.18. The summed E-state index contributed by atoms with van der Waals surface area (Å²) in [4.78, 5) is 12.8. The molecule has 0 aliphatic carbocycles. The number of hydrogen-bond donors (Lipinski definition) is 2. The highest BCUT2D eigenvalue weighted by Gasteiger charge is 2.16. The molecule has 168 valence electrons. The first-order valence-electron chi connectivity index (χ1n) is 10.8. The third-order valence-corrected chi connectivity index (χ3v) is 5.88. The van der Waals surface area contributed by atoms with Gasteiger partial charge in [-0.25, -0.2) is 0 Å². The smallest absolute Gasteiger partial charge is 0.240 e. The van der Waals surface area contributed by atoms with Crippen molar-refractivity contribution in [3.63, 3.8) is 0 Å². The van der Waals surface area contributed by atoms with E-state index in [-0.39, 0.29) is 18.4 Å². The Morgan fingerprint density at radius 1 is 1.00 bits per heavy atom. The Morgan fingerprint density at radius 3 is 2.18 bits per heavy atom. The van der Waals surface area contributed by atoms with Gasteiger partial charge in [0.05, 0.1) is 7.11 Å². The summed E-state index contributed by atoms with van der Waals surface area (Å²) in [5, 5.41) is 10.1. The molecule has 1 heterocycles. The van der Waals surface area contributed by atoms with E-state index in [0.29, 0.717) is 17.1 Å². The van der Waals surface area contributed by atoms with E-state index in [9.17, 15) is 4.79 Å². The Morgan fingerprint density at radius 2 is 1.61 bits per heavy atom. The highest BCUT2D eigenvalue weighted by atomic mass is 32.1. The van der Waals surface area contributed by atoms with Crippen LogP contribution >= 0.6 is 12.2 Å². The molecular weight excluding hydrogens is 432 g/mol. The molecule has 0 unspecified atom stereocenters. The molecule has 3 aromatic carbocycles. The number of methoxy groups -OCH3 is 1. The van der Waals surface area contributed by atoms with Gasteiger partial charge in [0.2, 0.25) is 5.91 Å². The number of aromatic amines is 1.